The predicted octanol–water partition coefficient (Wildman–Crippen LogP) is 4.33. The number of urea groups is 1. The van der Waals surface area contributed by atoms with Crippen LogP contribution in [0.25, 0.3) is 22.3 Å². The molecule has 194 valence electrons. The highest BCUT2D eigenvalue weighted by molar-refractivity contribution is 5.90. The van der Waals surface area contributed by atoms with Crippen molar-refractivity contribution < 1.29 is 13.6 Å². The van der Waals surface area contributed by atoms with E-state index in [4.69, 9.17) is 0 Å². The zero-order valence-electron chi connectivity index (χ0n) is 20.6. The Bertz CT molecular complexity index is 1530. The summed E-state index contributed by atoms with van der Waals surface area (Å²) in [5.41, 5.74) is 2.26. The molecule has 0 radical (unpaired) electrons. The molecule has 0 atom stereocenters. The Kier molecular flexibility index (Phi) is 6.04. The molecule has 2 aliphatic rings. The fraction of sp³-hybridized carbons (Fsp3) is 0.333. The second-order valence-electron chi connectivity index (χ2n) is 10.0. The number of rotatable bonds is 5. The van der Waals surface area contributed by atoms with Crippen LogP contribution < -0.4 is 5.32 Å². The molecule has 2 N–H and O–H groups in total. The summed E-state index contributed by atoms with van der Waals surface area (Å²) in [6, 6.07) is 9.35. The lowest BCUT2D eigenvalue weighted by Crippen LogP contribution is -2.66. The van der Waals surface area contributed by atoms with Gasteiger partial charge in [-0.3, -0.25) is 4.90 Å². The average Bonchev–Trinajstić information content (AvgIpc) is 3.58. The summed E-state index contributed by atoms with van der Waals surface area (Å²) < 4.78 is 29.2. The molecule has 38 heavy (non-hydrogen) atoms. The van der Waals surface area contributed by atoms with Gasteiger partial charge in [-0.15, -0.1) is 0 Å². The number of halogens is 2. The molecular formula is C27H26F2N8O. The van der Waals surface area contributed by atoms with Gasteiger partial charge in [0.25, 0.3) is 0 Å². The Hall–Kier alpha value is -4.30. The van der Waals surface area contributed by atoms with Crippen molar-refractivity contribution in [1.82, 2.24) is 29.3 Å². The number of nitrogens with zero attached hydrogens (tertiary/aromatic N) is 6. The molecule has 0 unspecified atom stereocenters. The molecule has 11 heteroatoms. The maximum Gasteiger partial charge on any atom is 0.321 e. The molecule has 5 heterocycles. The van der Waals surface area contributed by atoms with Crippen molar-refractivity contribution in [3.63, 3.8) is 0 Å². The molecule has 0 saturated carbocycles. The van der Waals surface area contributed by atoms with Crippen LogP contribution >= 0.6 is 0 Å². The van der Waals surface area contributed by atoms with E-state index in [0.29, 0.717) is 25.6 Å². The summed E-state index contributed by atoms with van der Waals surface area (Å²) in [6.07, 6.45) is 9.43. The van der Waals surface area contributed by atoms with Crippen LogP contribution in [0.2, 0.25) is 0 Å². The van der Waals surface area contributed by atoms with E-state index in [-0.39, 0.29) is 11.2 Å². The monoisotopic (exact) mass is 516 g/mol. The third-order valence-electron chi connectivity index (χ3n) is 7.71. The highest BCUT2D eigenvalue weighted by Crippen LogP contribution is 2.38. The van der Waals surface area contributed by atoms with Gasteiger partial charge < -0.3 is 19.8 Å². The smallest absolute Gasteiger partial charge is 0.321 e. The number of nitrogens with one attached hydrogen (secondary N) is 2. The van der Waals surface area contributed by atoms with Gasteiger partial charge in [-0.05, 0) is 37.1 Å². The van der Waals surface area contributed by atoms with Crippen molar-refractivity contribution >= 4 is 22.8 Å². The number of benzene rings is 1. The van der Waals surface area contributed by atoms with Gasteiger partial charge in [0.05, 0.1) is 29.4 Å². The molecule has 0 spiro atoms. The molecule has 9 nitrogen and oxygen atoms in total. The standard InChI is InChI=1S/C27H26F2N8O/c28-19-1-2-23(22(29)13-19)34-26(38)35-10-5-20(6-11-35)36-15-27(16-36,7-8-30)37-12-4-18(14-37)24-21-3-9-31-25(21)33-17-32-24/h1-4,9,12-14,17,20H,5-7,10-11,15-16H2,(H,34,38)(H,31,32,33). The lowest BCUT2D eigenvalue weighted by atomic mass is 9.83. The number of H-pyrrole nitrogens is 1. The Morgan fingerprint density at radius 1 is 1.18 bits per heavy atom. The number of aromatic amines is 1. The molecule has 4 aromatic rings. The van der Waals surface area contributed by atoms with Crippen LogP contribution in [-0.2, 0) is 5.54 Å². The lowest BCUT2D eigenvalue weighted by molar-refractivity contribution is -0.0332. The number of nitriles is 1. The van der Waals surface area contributed by atoms with E-state index in [1.165, 1.54) is 6.07 Å². The van der Waals surface area contributed by atoms with Gasteiger partial charge >= 0.3 is 6.03 Å². The van der Waals surface area contributed by atoms with Gasteiger partial charge in [0, 0.05) is 67.8 Å². The van der Waals surface area contributed by atoms with E-state index in [9.17, 15) is 18.8 Å². The Labute approximate surface area is 217 Å². The fourth-order valence-corrected chi connectivity index (χ4v) is 5.63. The first-order chi connectivity index (χ1) is 18.5. The molecule has 1 aromatic carbocycles. The Morgan fingerprint density at radius 3 is 2.76 bits per heavy atom. The highest BCUT2D eigenvalue weighted by atomic mass is 19.1. The van der Waals surface area contributed by atoms with E-state index in [1.54, 1.807) is 11.2 Å². The summed E-state index contributed by atoms with van der Waals surface area (Å²) in [7, 11) is 0. The Balaban J connectivity index is 1.09. The fourth-order valence-electron chi connectivity index (χ4n) is 5.63. The third kappa shape index (κ3) is 4.26. The van der Waals surface area contributed by atoms with Crippen molar-refractivity contribution in [3.8, 4) is 17.3 Å². The average molecular weight is 517 g/mol. The zero-order valence-corrected chi connectivity index (χ0v) is 20.6. The largest absolute Gasteiger partial charge is 0.346 e. The van der Waals surface area contributed by atoms with Gasteiger partial charge in [-0.1, -0.05) is 0 Å². The van der Waals surface area contributed by atoms with Crippen molar-refractivity contribution in [1.29, 1.82) is 5.26 Å². The number of fused-ring (bicyclic) bond motifs is 1. The van der Waals surface area contributed by atoms with Gasteiger partial charge in [-0.2, -0.15) is 5.26 Å². The quantitative estimate of drug-likeness (QED) is 0.411. The van der Waals surface area contributed by atoms with Crippen molar-refractivity contribution in [3.05, 3.63) is 66.9 Å². The van der Waals surface area contributed by atoms with E-state index in [0.717, 1.165) is 60.4 Å². The number of carbonyl (C=O) groups excluding carboxylic acids is 1. The SMILES string of the molecule is N#CCC1(n2ccc(-c3ncnc4[nH]ccc34)c2)CN(C2CCN(C(=O)Nc3ccc(F)cc3F)CC2)C1. The van der Waals surface area contributed by atoms with Gasteiger partial charge in [0.2, 0.25) is 0 Å². The second-order valence-corrected chi connectivity index (χ2v) is 10.0. The van der Waals surface area contributed by atoms with E-state index >= 15 is 0 Å². The van der Waals surface area contributed by atoms with Gasteiger partial charge in [0.15, 0.2) is 0 Å². The molecule has 0 bridgehead atoms. The third-order valence-corrected chi connectivity index (χ3v) is 7.71. The maximum absolute atomic E-state index is 13.9. The molecule has 2 aliphatic heterocycles. The minimum atomic E-state index is -0.798. The zero-order chi connectivity index (χ0) is 26.3. The van der Waals surface area contributed by atoms with E-state index < -0.39 is 17.7 Å². The molecule has 6 rings (SSSR count). The molecule has 2 amide bonds. The van der Waals surface area contributed by atoms with Crippen LogP contribution in [0.15, 0.2) is 55.2 Å². The molecule has 2 saturated heterocycles. The number of hydrogen-bond acceptors (Lipinski definition) is 5. The van der Waals surface area contributed by atoms with Crippen molar-refractivity contribution in [2.75, 3.05) is 31.5 Å². The number of hydrogen-bond donors (Lipinski definition) is 2. The minimum absolute atomic E-state index is 0.0344. The normalized spacial score (nSPS) is 17.8. The summed E-state index contributed by atoms with van der Waals surface area (Å²) >= 11 is 0. The van der Waals surface area contributed by atoms with E-state index in [1.807, 2.05) is 24.5 Å². The summed E-state index contributed by atoms with van der Waals surface area (Å²) in [4.78, 5) is 28.5. The van der Waals surface area contributed by atoms with Crippen LogP contribution in [0, 0.1) is 23.0 Å². The second kappa shape index (κ2) is 9.54. The van der Waals surface area contributed by atoms with Crippen molar-refractivity contribution in [2.24, 2.45) is 0 Å². The molecule has 0 aliphatic carbocycles. The topological polar surface area (TPSA) is 106 Å². The molecular weight excluding hydrogens is 490 g/mol. The first-order valence-electron chi connectivity index (χ1n) is 12.5. The van der Waals surface area contributed by atoms with E-state index in [2.05, 4.69) is 42.0 Å². The predicted molar refractivity (Wildman–Crippen MR) is 137 cm³/mol. The summed E-state index contributed by atoms with van der Waals surface area (Å²) in [5, 5.41) is 13.1. The number of amides is 2. The van der Waals surface area contributed by atoms with Crippen LogP contribution in [0.5, 0.6) is 0 Å². The number of aromatic nitrogens is 4. The van der Waals surface area contributed by atoms with Gasteiger partial charge in [0.1, 0.15) is 23.6 Å². The van der Waals surface area contributed by atoms with Gasteiger partial charge in [-0.25, -0.2) is 23.5 Å². The van der Waals surface area contributed by atoms with Crippen LogP contribution in [0.1, 0.15) is 19.3 Å². The molecule has 3 aromatic heterocycles. The van der Waals surface area contributed by atoms with Crippen LogP contribution in [0.3, 0.4) is 0 Å². The van der Waals surface area contributed by atoms with Crippen molar-refractivity contribution in [2.45, 2.75) is 30.8 Å². The lowest BCUT2D eigenvalue weighted by Gasteiger charge is -2.54. The summed E-state index contributed by atoms with van der Waals surface area (Å²) in [6.45, 7) is 2.57. The number of anilines is 1. The Morgan fingerprint density at radius 2 is 2.00 bits per heavy atom. The van der Waals surface area contributed by atoms with Crippen LogP contribution in [0.4, 0.5) is 19.3 Å². The number of piperidine rings is 1. The van der Waals surface area contributed by atoms with Crippen LogP contribution in [-0.4, -0.2) is 67.6 Å². The number of carbonyl (C=O) groups is 1. The molecule has 2 fully saturated rings. The summed E-state index contributed by atoms with van der Waals surface area (Å²) in [5.74, 6) is -1.49. The number of likely N-dealkylation sites (tertiary alicyclic amines) is 2. The first kappa shape index (κ1) is 24.1. The highest BCUT2D eigenvalue weighted by Gasteiger charge is 2.47. The maximum atomic E-state index is 13.9. The first-order valence-corrected chi connectivity index (χ1v) is 12.5. The minimum Gasteiger partial charge on any atom is -0.346 e.